The molecule has 0 radical (unpaired) electrons. The van der Waals surface area contributed by atoms with Gasteiger partial charge in [0.25, 0.3) is 0 Å². The summed E-state index contributed by atoms with van der Waals surface area (Å²) in [6.45, 7) is 2.06. The molecule has 0 aromatic carbocycles. The van der Waals surface area contributed by atoms with Gasteiger partial charge >= 0.3 is 0 Å². The molecule has 1 heterocycles. The summed E-state index contributed by atoms with van der Waals surface area (Å²) in [6.07, 6.45) is 7.78. The first-order valence-electron chi connectivity index (χ1n) is 3.99. The molecular formula is C9H11N3. The number of rotatable bonds is 0. The molecule has 0 spiro atoms. The van der Waals surface area contributed by atoms with E-state index in [2.05, 4.69) is 35.1 Å². The van der Waals surface area contributed by atoms with Crippen LogP contribution in [0.25, 0.3) is 0 Å². The van der Waals surface area contributed by atoms with E-state index in [4.69, 9.17) is 5.73 Å². The molecule has 0 fully saturated rings. The SMILES string of the molecule is CC1=CC2N=CN=C(N)C2C=C1. The Morgan fingerprint density at radius 1 is 1.50 bits per heavy atom. The van der Waals surface area contributed by atoms with Crippen molar-refractivity contribution >= 4 is 12.2 Å². The molecule has 0 saturated carbocycles. The summed E-state index contributed by atoms with van der Waals surface area (Å²) in [6, 6.07) is 0.174. The highest BCUT2D eigenvalue weighted by molar-refractivity contribution is 5.93. The van der Waals surface area contributed by atoms with E-state index in [0.717, 1.165) is 0 Å². The maximum atomic E-state index is 5.71. The first kappa shape index (κ1) is 7.28. The second-order valence-electron chi connectivity index (χ2n) is 3.10. The van der Waals surface area contributed by atoms with Crippen molar-refractivity contribution in [3.63, 3.8) is 0 Å². The van der Waals surface area contributed by atoms with Crippen LogP contribution in [0.5, 0.6) is 0 Å². The van der Waals surface area contributed by atoms with E-state index in [9.17, 15) is 0 Å². The van der Waals surface area contributed by atoms with E-state index in [1.807, 2.05) is 0 Å². The molecule has 0 amide bonds. The van der Waals surface area contributed by atoms with Gasteiger partial charge in [-0.25, -0.2) is 4.99 Å². The summed E-state index contributed by atoms with van der Waals surface area (Å²) < 4.78 is 0. The minimum Gasteiger partial charge on any atom is -0.387 e. The second kappa shape index (κ2) is 2.59. The van der Waals surface area contributed by atoms with Crippen LogP contribution in [-0.2, 0) is 0 Å². The van der Waals surface area contributed by atoms with Gasteiger partial charge in [0.1, 0.15) is 12.2 Å². The molecule has 2 unspecified atom stereocenters. The standard InChI is InChI=1S/C9H11N3/c1-6-2-3-7-8(4-6)11-5-12-9(7)10/h2-5,7-8H,1H3,(H2,10,11,12). The molecule has 2 N–H and O–H groups in total. The van der Waals surface area contributed by atoms with E-state index in [-0.39, 0.29) is 12.0 Å². The summed E-state index contributed by atoms with van der Waals surface area (Å²) in [5, 5.41) is 0. The average Bonchev–Trinajstić information content (AvgIpc) is 2.04. The highest BCUT2D eigenvalue weighted by atomic mass is 15.0. The van der Waals surface area contributed by atoms with Crippen LogP contribution in [0.3, 0.4) is 0 Å². The Morgan fingerprint density at radius 2 is 2.33 bits per heavy atom. The molecule has 0 aromatic rings. The lowest BCUT2D eigenvalue weighted by Gasteiger charge is -2.23. The van der Waals surface area contributed by atoms with Gasteiger partial charge in [0, 0.05) is 0 Å². The number of hydrogen-bond donors (Lipinski definition) is 1. The molecule has 62 valence electrons. The fraction of sp³-hybridized carbons (Fsp3) is 0.333. The predicted molar refractivity (Wildman–Crippen MR) is 50.3 cm³/mol. The molecule has 2 rings (SSSR count). The third kappa shape index (κ3) is 1.07. The quantitative estimate of drug-likeness (QED) is 0.563. The van der Waals surface area contributed by atoms with Crippen molar-refractivity contribution in [1.82, 2.24) is 0 Å². The lowest BCUT2D eigenvalue weighted by atomic mass is 9.91. The Labute approximate surface area is 71.4 Å². The van der Waals surface area contributed by atoms with Crippen molar-refractivity contribution in [2.45, 2.75) is 13.0 Å². The molecule has 3 heteroatoms. The van der Waals surface area contributed by atoms with Crippen molar-refractivity contribution in [2.24, 2.45) is 21.6 Å². The Hall–Kier alpha value is -1.38. The normalized spacial score (nSPS) is 32.4. The largest absolute Gasteiger partial charge is 0.387 e. The summed E-state index contributed by atoms with van der Waals surface area (Å²) in [4.78, 5) is 8.19. The smallest absolute Gasteiger partial charge is 0.112 e. The monoisotopic (exact) mass is 161 g/mol. The van der Waals surface area contributed by atoms with Crippen molar-refractivity contribution in [3.8, 4) is 0 Å². The van der Waals surface area contributed by atoms with Crippen LogP contribution < -0.4 is 5.73 Å². The van der Waals surface area contributed by atoms with E-state index in [0.29, 0.717) is 5.84 Å². The molecule has 12 heavy (non-hydrogen) atoms. The highest BCUT2D eigenvalue weighted by Gasteiger charge is 2.24. The van der Waals surface area contributed by atoms with E-state index in [1.54, 1.807) is 6.34 Å². The average molecular weight is 161 g/mol. The summed E-state index contributed by atoms with van der Waals surface area (Å²) in [5.41, 5.74) is 6.95. The number of amidine groups is 1. The lowest BCUT2D eigenvalue weighted by molar-refractivity contribution is 0.701. The Kier molecular flexibility index (Phi) is 1.57. The van der Waals surface area contributed by atoms with Gasteiger partial charge in [0.2, 0.25) is 0 Å². The molecule has 3 nitrogen and oxygen atoms in total. The van der Waals surface area contributed by atoms with Crippen LogP contribution in [0, 0.1) is 5.92 Å². The van der Waals surface area contributed by atoms with Gasteiger partial charge in [-0.15, -0.1) is 0 Å². The molecule has 0 bridgehead atoms. The number of allylic oxidation sites excluding steroid dienone is 2. The van der Waals surface area contributed by atoms with Crippen LogP contribution in [0.15, 0.2) is 33.8 Å². The fourth-order valence-corrected chi connectivity index (χ4v) is 1.47. The number of aliphatic imine (C=N–C) groups is 2. The van der Waals surface area contributed by atoms with Crippen LogP contribution >= 0.6 is 0 Å². The molecule has 2 atom stereocenters. The van der Waals surface area contributed by atoms with Crippen LogP contribution in [0.4, 0.5) is 0 Å². The number of nitrogens with zero attached hydrogens (tertiary/aromatic N) is 2. The van der Waals surface area contributed by atoms with Gasteiger partial charge in [-0.1, -0.05) is 23.8 Å². The van der Waals surface area contributed by atoms with Crippen molar-refractivity contribution in [1.29, 1.82) is 0 Å². The molecule has 0 saturated heterocycles. The second-order valence-corrected chi connectivity index (χ2v) is 3.10. The minimum atomic E-state index is 0.174. The molecule has 1 aliphatic carbocycles. The number of nitrogens with two attached hydrogens (primary N) is 1. The summed E-state index contributed by atoms with van der Waals surface area (Å²) in [5.74, 6) is 0.841. The Balaban J connectivity index is 2.33. The third-order valence-electron chi connectivity index (χ3n) is 2.16. The van der Waals surface area contributed by atoms with Crippen molar-refractivity contribution in [2.75, 3.05) is 0 Å². The molecular weight excluding hydrogens is 150 g/mol. The third-order valence-corrected chi connectivity index (χ3v) is 2.16. The van der Waals surface area contributed by atoms with Crippen LogP contribution in [0.1, 0.15) is 6.92 Å². The van der Waals surface area contributed by atoms with Gasteiger partial charge in [0.15, 0.2) is 0 Å². The van der Waals surface area contributed by atoms with Gasteiger partial charge in [-0.3, -0.25) is 4.99 Å². The minimum absolute atomic E-state index is 0.174. The highest BCUT2D eigenvalue weighted by Crippen LogP contribution is 2.21. The van der Waals surface area contributed by atoms with Crippen LogP contribution in [-0.4, -0.2) is 18.2 Å². The van der Waals surface area contributed by atoms with Crippen molar-refractivity contribution in [3.05, 3.63) is 23.8 Å². The van der Waals surface area contributed by atoms with E-state index < -0.39 is 0 Å². The number of fused-ring (bicyclic) bond motifs is 1. The zero-order chi connectivity index (χ0) is 8.55. The molecule has 0 aromatic heterocycles. The maximum Gasteiger partial charge on any atom is 0.112 e. The maximum absolute atomic E-state index is 5.71. The van der Waals surface area contributed by atoms with E-state index in [1.165, 1.54) is 5.57 Å². The predicted octanol–water partition coefficient (Wildman–Crippen LogP) is 0.886. The van der Waals surface area contributed by atoms with Gasteiger partial charge in [-0.2, -0.15) is 0 Å². The topological polar surface area (TPSA) is 50.7 Å². The van der Waals surface area contributed by atoms with Crippen molar-refractivity contribution < 1.29 is 0 Å². The summed E-state index contributed by atoms with van der Waals surface area (Å²) in [7, 11) is 0. The number of hydrogen-bond acceptors (Lipinski definition) is 3. The first-order valence-corrected chi connectivity index (χ1v) is 3.99. The van der Waals surface area contributed by atoms with E-state index >= 15 is 0 Å². The zero-order valence-corrected chi connectivity index (χ0v) is 6.94. The lowest BCUT2D eigenvalue weighted by Crippen LogP contribution is -2.34. The fourth-order valence-electron chi connectivity index (χ4n) is 1.47. The van der Waals surface area contributed by atoms with Gasteiger partial charge < -0.3 is 5.73 Å². The first-order chi connectivity index (χ1) is 5.77. The zero-order valence-electron chi connectivity index (χ0n) is 6.94. The van der Waals surface area contributed by atoms with Gasteiger partial charge in [0.05, 0.1) is 12.0 Å². The molecule has 1 aliphatic heterocycles. The van der Waals surface area contributed by atoms with Crippen LogP contribution in [0.2, 0.25) is 0 Å². The Bertz CT molecular complexity index is 310. The van der Waals surface area contributed by atoms with Gasteiger partial charge in [-0.05, 0) is 6.92 Å². The summed E-state index contributed by atoms with van der Waals surface area (Å²) >= 11 is 0. The Morgan fingerprint density at radius 3 is 3.17 bits per heavy atom. The molecule has 2 aliphatic rings.